The molecule has 0 atom stereocenters. The van der Waals surface area contributed by atoms with E-state index in [1.807, 2.05) is 19.1 Å². The van der Waals surface area contributed by atoms with Gasteiger partial charge in [-0.15, -0.1) is 0 Å². The molecule has 3 nitrogen and oxygen atoms in total. The van der Waals surface area contributed by atoms with E-state index in [9.17, 15) is 9.90 Å². The van der Waals surface area contributed by atoms with E-state index in [0.29, 0.717) is 12.0 Å². The van der Waals surface area contributed by atoms with E-state index in [4.69, 9.17) is 5.11 Å². The Balaban J connectivity index is 2.81. The van der Waals surface area contributed by atoms with Crippen molar-refractivity contribution in [3.05, 3.63) is 29.3 Å². The first-order valence-corrected chi connectivity index (χ1v) is 4.66. The summed E-state index contributed by atoms with van der Waals surface area (Å²) < 4.78 is 0. The molecule has 0 unspecified atom stereocenters. The summed E-state index contributed by atoms with van der Waals surface area (Å²) in [6.07, 6.45) is 1.20. The lowest BCUT2D eigenvalue weighted by molar-refractivity contribution is -0.136. The molecule has 1 aromatic carbocycles. The van der Waals surface area contributed by atoms with Gasteiger partial charge in [0.2, 0.25) is 0 Å². The van der Waals surface area contributed by atoms with Crippen molar-refractivity contribution in [2.75, 3.05) is 0 Å². The van der Waals surface area contributed by atoms with Crippen LogP contribution in [-0.2, 0) is 17.6 Å². The summed E-state index contributed by atoms with van der Waals surface area (Å²) in [4.78, 5) is 10.4. The topological polar surface area (TPSA) is 57.5 Å². The molecule has 0 spiro atoms. The van der Waals surface area contributed by atoms with Gasteiger partial charge < -0.3 is 10.2 Å². The van der Waals surface area contributed by atoms with Crippen LogP contribution in [0.1, 0.15) is 24.5 Å². The normalized spacial score (nSPS) is 10.1. The maximum Gasteiger partial charge on any atom is 0.303 e. The molecule has 0 fully saturated rings. The van der Waals surface area contributed by atoms with Crippen LogP contribution < -0.4 is 0 Å². The molecule has 1 rings (SSSR count). The Labute approximate surface area is 83.0 Å². The minimum Gasteiger partial charge on any atom is -0.507 e. The van der Waals surface area contributed by atoms with E-state index >= 15 is 0 Å². The highest BCUT2D eigenvalue weighted by atomic mass is 16.4. The van der Waals surface area contributed by atoms with Crippen LogP contribution >= 0.6 is 0 Å². The summed E-state index contributed by atoms with van der Waals surface area (Å²) in [6.45, 7) is 1.95. The van der Waals surface area contributed by atoms with Crippen LogP contribution in [0.2, 0.25) is 0 Å². The van der Waals surface area contributed by atoms with Gasteiger partial charge in [0.25, 0.3) is 0 Å². The van der Waals surface area contributed by atoms with Gasteiger partial charge in [-0.05, 0) is 24.0 Å². The Hall–Kier alpha value is -1.51. The summed E-state index contributed by atoms with van der Waals surface area (Å²) in [6, 6.07) is 5.45. The van der Waals surface area contributed by atoms with Crippen LogP contribution in [0.4, 0.5) is 0 Å². The fraction of sp³-hybridized carbons (Fsp3) is 0.364. The van der Waals surface area contributed by atoms with Gasteiger partial charge in [0, 0.05) is 6.42 Å². The van der Waals surface area contributed by atoms with Gasteiger partial charge in [0.1, 0.15) is 5.75 Å². The van der Waals surface area contributed by atoms with Crippen molar-refractivity contribution in [1.29, 1.82) is 0 Å². The third-order valence-corrected chi connectivity index (χ3v) is 2.19. The molecule has 0 aliphatic carbocycles. The molecule has 0 saturated heterocycles. The summed E-state index contributed by atoms with van der Waals surface area (Å²) in [5.41, 5.74) is 1.58. The molecule has 76 valence electrons. The predicted octanol–water partition coefficient (Wildman–Crippen LogP) is 1.97. The maximum atomic E-state index is 10.4. The van der Waals surface area contributed by atoms with E-state index in [1.165, 1.54) is 0 Å². The highest BCUT2D eigenvalue weighted by molar-refractivity contribution is 5.67. The molecule has 0 heterocycles. The molecule has 0 aliphatic heterocycles. The number of hydrogen-bond donors (Lipinski definition) is 2. The quantitative estimate of drug-likeness (QED) is 0.770. The van der Waals surface area contributed by atoms with Crippen LogP contribution in [0, 0.1) is 0 Å². The lowest BCUT2D eigenvalue weighted by Crippen LogP contribution is -1.98. The fourth-order valence-corrected chi connectivity index (χ4v) is 1.37. The van der Waals surface area contributed by atoms with Crippen molar-refractivity contribution < 1.29 is 15.0 Å². The van der Waals surface area contributed by atoms with E-state index in [-0.39, 0.29) is 12.2 Å². The van der Waals surface area contributed by atoms with Gasteiger partial charge in [0.15, 0.2) is 0 Å². The molecule has 0 saturated carbocycles. The summed E-state index contributed by atoms with van der Waals surface area (Å²) in [7, 11) is 0. The molecule has 0 aromatic heterocycles. The molecule has 14 heavy (non-hydrogen) atoms. The smallest absolute Gasteiger partial charge is 0.303 e. The second-order valence-electron chi connectivity index (χ2n) is 3.17. The van der Waals surface area contributed by atoms with E-state index < -0.39 is 5.97 Å². The standard InChI is InChI=1S/C11H14O3/c1-2-8-4-3-5-9(11(8)14)6-7-10(12)13/h3-5,14H,2,6-7H2,1H3,(H,12,13). The second-order valence-corrected chi connectivity index (χ2v) is 3.17. The van der Waals surface area contributed by atoms with Gasteiger partial charge >= 0.3 is 5.97 Å². The summed E-state index contributed by atoms with van der Waals surface area (Å²) >= 11 is 0. The molecule has 0 amide bonds. The Kier molecular flexibility index (Phi) is 3.51. The highest BCUT2D eigenvalue weighted by Gasteiger charge is 2.06. The number of carbonyl (C=O) groups is 1. The number of para-hydroxylation sites is 1. The van der Waals surface area contributed by atoms with Gasteiger partial charge in [-0.2, -0.15) is 0 Å². The second kappa shape index (κ2) is 4.65. The molecule has 3 heteroatoms. The largest absolute Gasteiger partial charge is 0.507 e. The highest BCUT2D eigenvalue weighted by Crippen LogP contribution is 2.23. The molecule has 0 radical (unpaired) electrons. The van der Waals surface area contributed by atoms with Crippen LogP contribution in [0.3, 0.4) is 0 Å². The number of hydrogen-bond acceptors (Lipinski definition) is 2. The minimum atomic E-state index is -0.841. The number of benzene rings is 1. The number of phenols is 1. The zero-order valence-electron chi connectivity index (χ0n) is 8.16. The molecule has 1 aromatic rings. The fourth-order valence-electron chi connectivity index (χ4n) is 1.37. The molecular formula is C11H14O3. The van der Waals surface area contributed by atoms with Crippen molar-refractivity contribution in [3.63, 3.8) is 0 Å². The van der Waals surface area contributed by atoms with Gasteiger partial charge in [-0.25, -0.2) is 0 Å². The summed E-state index contributed by atoms with van der Waals surface area (Å²) in [5, 5.41) is 18.2. The SMILES string of the molecule is CCc1cccc(CCC(=O)O)c1O. The number of carboxylic acid groups (broad SMARTS) is 1. The van der Waals surface area contributed by atoms with Crippen LogP contribution in [0.15, 0.2) is 18.2 Å². The van der Waals surface area contributed by atoms with Crippen molar-refractivity contribution in [2.45, 2.75) is 26.2 Å². The van der Waals surface area contributed by atoms with E-state index in [2.05, 4.69) is 0 Å². The maximum absolute atomic E-state index is 10.4. The third kappa shape index (κ3) is 2.49. The number of aliphatic carboxylic acids is 1. The first-order chi connectivity index (χ1) is 6.65. The molecule has 0 bridgehead atoms. The van der Waals surface area contributed by atoms with Crippen LogP contribution in [0.5, 0.6) is 5.75 Å². The first-order valence-electron chi connectivity index (χ1n) is 4.66. The molecular weight excluding hydrogens is 180 g/mol. The summed E-state index contributed by atoms with van der Waals surface area (Å²) in [5.74, 6) is -0.595. The number of aryl methyl sites for hydroxylation is 2. The van der Waals surface area contributed by atoms with E-state index in [0.717, 1.165) is 12.0 Å². The van der Waals surface area contributed by atoms with E-state index in [1.54, 1.807) is 6.07 Å². The van der Waals surface area contributed by atoms with Crippen molar-refractivity contribution in [3.8, 4) is 5.75 Å². The van der Waals surface area contributed by atoms with Gasteiger partial charge in [-0.1, -0.05) is 25.1 Å². The average molecular weight is 194 g/mol. The Morgan fingerprint density at radius 2 is 2.00 bits per heavy atom. The number of phenolic OH excluding ortho intramolecular Hbond substituents is 1. The zero-order valence-corrected chi connectivity index (χ0v) is 8.16. The number of carboxylic acids is 1. The van der Waals surface area contributed by atoms with Crippen molar-refractivity contribution in [2.24, 2.45) is 0 Å². The Morgan fingerprint density at radius 3 is 2.57 bits per heavy atom. The van der Waals surface area contributed by atoms with Crippen LogP contribution in [0.25, 0.3) is 0 Å². The van der Waals surface area contributed by atoms with Crippen molar-refractivity contribution >= 4 is 5.97 Å². The predicted molar refractivity (Wildman–Crippen MR) is 53.4 cm³/mol. The lowest BCUT2D eigenvalue weighted by Gasteiger charge is -2.06. The third-order valence-electron chi connectivity index (χ3n) is 2.19. The molecule has 2 N–H and O–H groups in total. The van der Waals surface area contributed by atoms with Gasteiger partial charge in [-0.3, -0.25) is 4.79 Å². The molecule has 0 aliphatic rings. The Morgan fingerprint density at radius 1 is 1.36 bits per heavy atom. The van der Waals surface area contributed by atoms with Crippen molar-refractivity contribution in [1.82, 2.24) is 0 Å². The monoisotopic (exact) mass is 194 g/mol. The van der Waals surface area contributed by atoms with Crippen LogP contribution in [-0.4, -0.2) is 16.2 Å². The van der Waals surface area contributed by atoms with Gasteiger partial charge in [0.05, 0.1) is 0 Å². The number of aromatic hydroxyl groups is 1. The first kappa shape index (κ1) is 10.6. The average Bonchev–Trinajstić information content (AvgIpc) is 2.16. The minimum absolute atomic E-state index is 0.0563. The number of rotatable bonds is 4. The zero-order chi connectivity index (χ0) is 10.6. The lowest BCUT2D eigenvalue weighted by atomic mass is 10.0. The Bertz CT molecular complexity index is 331.